The van der Waals surface area contributed by atoms with E-state index in [0.717, 1.165) is 44.7 Å². The average Bonchev–Trinajstić information content (AvgIpc) is 3.13. The molecule has 1 aromatic carbocycles. The van der Waals surface area contributed by atoms with Crippen molar-refractivity contribution in [3.63, 3.8) is 0 Å². The zero-order chi connectivity index (χ0) is 18.5. The van der Waals surface area contributed by atoms with Crippen LogP contribution in [0.25, 0.3) is 0 Å². The molecule has 27 heavy (non-hydrogen) atoms. The van der Waals surface area contributed by atoms with Gasteiger partial charge in [-0.15, -0.1) is 24.0 Å². The number of aliphatic imine (C=N–C) groups is 1. The number of rotatable bonds is 4. The minimum Gasteiger partial charge on any atom is -0.366 e. The molecular weight excluding hydrogens is 463 g/mol. The van der Waals surface area contributed by atoms with Crippen molar-refractivity contribution in [2.45, 2.75) is 13.3 Å². The SMILES string of the molecule is CCN1CCC(CNC(=NC)N2CCN(c3cc(F)ccc3F)CC2)C1.I. The molecular formula is C19H30F2IN5. The van der Waals surface area contributed by atoms with Gasteiger partial charge in [-0.05, 0) is 37.6 Å². The first-order valence-corrected chi connectivity index (χ1v) is 9.48. The van der Waals surface area contributed by atoms with Gasteiger partial charge in [-0.1, -0.05) is 6.92 Å². The number of anilines is 1. The second kappa shape index (κ2) is 10.4. The van der Waals surface area contributed by atoms with E-state index in [0.29, 0.717) is 24.7 Å². The average molecular weight is 493 g/mol. The number of halogens is 3. The lowest BCUT2D eigenvalue weighted by molar-refractivity contribution is 0.337. The zero-order valence-electron chi connectivity index (χ0n) is 16.1. The standard InChI is InChI=1S/C19H29F2N5.HI/c1-3-24-7-6-15(14-24)13-23-19(22-2)26-10-8-25(9-11-26)18-12-16(20)4-5-17(18)21;/h4-5,12,15H,3,6-11,13-14H2,1-2H3,(H,22,23);1H. The molecule has 0 spiro atoms. The van der Waals surface area contributed by atoms with Gasteiger partial charge in [-0.3, -0.25) is 4.99 Å². The Labute approximate surface area is 177 Å². The predicted molar refractivity (Wildman–Crippen MR) is 117 cm³/mol. The van der Waals surface area contributed by atoms with E-state index in [9.17, 15) is 8.78 Å². The number of guanidine groups is 1. The van der Waals surface area contributed by atoms with E-state index in [1.165, 1.54) is 25.1 Å². The van der Waals surface area contributed by atoms with Crippen LogP contribution in [0.5, 0.6) is 0 Å². The van der Waals surface area contributed by atoms with Crippen LogP contribution in [0.4, 0.5) is 14.5 Å². The highest BCUT2D eigenvalue weighted by Gasteiger charge is 2.24. The van der Waals surface area contributed by atoms with E-state index in [1.54, 1.807) is 7.05 Å². The molecule has 2 saturated heterocycles. The van der Waals surface area contributed by atoms with Crippen molar-refractivity contribution >= 4 is 35.6 Å². The minimum absolute atomic E-state index is 0. The van der Waals surface area contributed by atoms with Crippen LogP contribution >= 0.6 is 24.0 Å². The van der Waals surface area contributed by atoms with E-state index in [4.69, 9.17) is 0 Å². The van der Waals surface area contributed by atoms with Crippen LogP contribution < -0.4 is 10.2 Å². The highest BCUT2D eigenvalue weighted by Crippen LogP contribution is 2.22. The molecule has 0 saturated carbocycles. The Morgan fingerprint density at radius 1 is 1.19 bits per heavy atom. The van der Waals surface area contributed by atoms with Crippen LogP contribution in [0.2, 0.25) is 0 Å². The maximum atomic E-state index is 14.0. The quantitative estimate of drug-likeness (QED) is 0.398. The predicted octanol–water partition coefficient (Wildman–Crippen LogP) is 2.62. The molecule has 2 fully saturated rings. The summed E-state index contributed by atoms with van der Waals surface area (Å²) in [5.41, 5.74) is 0.346. The Balaban J connectivity index is 0.00000261. The van der Waals surface area contributed by atoms with Crippen molar-refractivity contribution in [2.75, 3.05) is 64.3 Å². The van der Waals surface area contributed by atoms with Crippen molar-refractivity contribution in [1.29, 1.82) is 0 Å². The normalized spacial score (nSPS) is 21.3. The number of nitrogens with one attached hydrogen (secondary N) is 1. The van der Waals surface area contributed by atoms with Gasteiger partial charge in [0.2, 0.25) is 0 Å². The van der Waals surface area contributed by atoms with Gasteiger partial charge in [0, 0.05) is 52.4 Å². The molecule has 8 heteroatoms. The number of benzene rings is 1. The van der Waals surface area contributed by atoms with E-state index in [2.05, 4.69) is 27.0 Å². The summed E-state index contributed by atoms with van der Waals surface area (Å²) >= 11 is 0. The smallest absolute Gasteiger partial charge is 0.193 e. The Kier molecular flexibility index (Phi) is 8.53. The largest absolute Gasteiger partial charge is 0.366 e. The van der Waals surface area contributed by atoms with Gasteiger partial charge in [-0.25, -0.2) is 8.78 Å². The van der Waals surface area contributed by atoms with Gasteiger partial charge in [-0.2, -0.15) is 0 Å². The fraction of sp³-hybridized carbons (Fsp3) is 0.632. The third-order valence-electron chi connectivity index (χ3n) is 5.41. The topological polar surface area (TPSA) is 34.1 Å². The van der Waals surface area contributed by atoms with Gasteiger partial charge in [0.25, 0.3) is 0 Å². The summed E-state index contributed by atoms with van der Waals surface area (Å²) < 4.78 is 27.4. The lowest BCUT2D eigenvalue weighted by atomic mass is 10.1. The van der Waals surface area contributed by atoms with Crippen molar-refractivity contribution < 1.29 is 8.78 Å². The summed E-state index contributed by atoms with van der Waals surface area (Å²) in [5.74, 6) is 0.789. The fourth-order valence-corrected chi connectivity index (χ4v) is 3.82. The highest BCUT2D eigenvalue weighted by molar-refractivity contribution is 14.0. The maximum Gasteiger partial charge on any atom is 0.193 e. The number of nitrogens with zero attached hydrogens (tertiary/aromatic N) is 4. The van der Waals surface area contributed by atoms with Crippen LogP contribution in [0.15, 0.2) is 23.2 Å². The van der Waals surface area contributed by atoms with Crippen molar-refractivity contribution in [3.8, 4) is 0 Å². The Hall–Kier alpha value is -1.16. The molecule has 0 aliphatic carbocycles. The highest BCUT2D eigenvalue weighted by atomic mass is 127. The maximum absolute atomic E-state index is 14.0. The first-order valence-electron chi connectivity index (χ1n) is 9.48. The number of likely N-dealkylation sites (tertiary alicyclic amines) is 1. The number of hydrogen-bond donors (Lipinski definition) is 1. The molecule has 1 unspecified atom stereocenters. The minimum atomic E-state index is -0.404. The Morgan fingerprint density at radius 2 is 1.93 bits per heavy atom. The van der Waals surface area contributed by atoms with Crippen molar-refractivity contribution in [2.24, 2.45) is 10.9 Å². The summed E-state index contributed by atoms with van der Waals surface area (Å²) in [7, 11) is 1.80. The molecule has 3 rings (SSSR count). The molecule has 0 aromatic heterocycles. The first kappa shape index (κ1) is 22.1. The molecule has 5 nitrogen and oxygen atoms in total. The second-order valence-electron chi connectivity index (χ2n) is 7.05. The van der Waals surface area contributed by atoms with Crippen molar-refractivity contribution in [3.05, 3.63) is 29.8 Å². The number of hydrogen-bond acceptors (Lipinski definition) is 3. The van der Waals surface area contributed by atoms with Crippen molar-refractivity contribution in [1.82, 2.24) is 15.1 Å². The fourth-order valence-electron chi connectivity index (χ4n) is 3.82. The van der Waals surface area contributed by atoms with E-state index in [-0.39, 0.29) is 29.8 Å². The molecule has 0 radical (unpaired) electrons. The molecule has 1 atom stereocenters. The van der Waals surface area contributed by atoms with Crippen LogP contribution in [0.3, 0.4) is 0 Å². The van der Waals surface area contributed by atoms with E-state index >= 15 is 0 Å². The lowest BCUT2D eigenvalue weighted by Crippen LogP contribution is -2.53. The van der Waals surface area contributed by atoms with Gasteiger partial charge in [0.05, 0.1) is 5.69 Å². The molecule has 2 aliphatic rings. The van der Waals surface area contributed by atoms with Crippen LogP contribution in [0.1, 0.15) is 13.3 Å². The number of piperazine rings is 1. The Bertz CT molecular complexity index is 635. The summed E-state index contributed by atoms with van der Waals surface area (Å²) in [6.45, 7) is 9.35. The lowest BCUT2D eigenvalue weighted by Gasteiger charge is -2.38. The van der Waals surface area contributed by atoms with Crippen LogP contribution in [0, 0.1) is 17.6 Å². The molecule has 2 heterocycles. The summed E-state index contributed by atoms with van der Waals surface area (Å²) in [5, 5.41) is 3.50. The molecule has 0 bridgehead atoms. The zero-order valence-corrected chi connectivity index (χ0v) is 18.5. The molecule has 152 valence electrons. The van der Waals surface area contributed by atoms with Gasteiger partial charge in [0.1, 0.15) is 11.6 Å². The van der Waals surface area contributed by atoms with E-state index in [1.807, 2.05) is 4.90 Å². The second-order valence-corrected chi connectivity index (χ2v) is 7.05. The van der Waals surface area contributed by atoms with Gasteiger partial charge >= 0.3 is 0 Å². The van der Waals surface area contributed by atoms with Gasteiger partial charge < -0.3 is 20.0 Å². The third kappa shape index (κ3) is 5.66. The molecule has 2 aliphatic heterocycles. The van der Waals surface area contributed by atoms with Gasteiger partial charge in [0.15, 0.2) is 5.96 Å². The summed E-state index contributed by atoms with van der Waals surface area (Å²) in [6, 6.07) is 3.62. The molecule has 1 aromatic rings. The van der Waals surface area contributed by atoms with Crippen LogP contribution in [-0.4, -0.2) is 75.2 Å². The monoisotopic (exact) mass is 493 g/mol. The van der Waals surface area contributed by atoms with E-state index < -0.39 is 5.82 Å². The first-order chi connectivity index (χ1) is 12.6. The summed E-state index contributed by atoms with van der Waals surface area (Å²) in [4.78, 5) is 11.0. The molecule has 0 amide bonds. The third-order valence-corrected chi connectivity index (χ3v) is 5.41. The summed E-state index contributed by atoms with van der Waals surface area (Å²) in [6.07, 6.45) is 1.23. The molecule has 1 N–H and O–H groups in total. The van der Waals surface area contributed by atoms with Crippen LogP contribution in [-0.2, 0) is 0 Å². The Morgan fingerprint density at radius 3 is 2.56 bits per heavy atom.